The van der Waals surface area contributed by atoms with Crippen molar-refractivity contribution in [2.24, 2.45) is 0 Å². The van der Waals surface area contributed by atoms with Crippen LogP contribution in [-0.2, 0) is 0 Å². The lowest BCUT2D eigenvalue weighted by molar-refractivity contribution is 0.383. The Hall–Kier alpha value is 0.400. The third kappa shape index (κ3) is 3.89. The Bertz CT molecular complexity index is 206. The topological polar surface area (TPSA) is 58.9 Å². The molecule has 1 heterocycles. The SMILES string of the molecule is Cc1noc(=O)[nH]1.II. The van der Waals surface area contributed by atoms with Crippen molar-refractivity contribution in [1.82, 2.24) is 10.1 Å². The van der Waals surface area contributed by atoms with Gasteiger partial charge in [0.1, 0.15) is 5.82 Å². The monoisotopic (exact) mass is 354 g/mol. The third-order valence-electron chi connectivity index (χ3n) is 0.548. The van der Waals surface area contributed by atoms with Crippen molar-refractivity contribution in [3.8, 4) is 0 Å². The van der Waals surface area contributed by atoms with E-state index >= 15 is 0 Å². The van der Waals surface area contributed by atoms with Crippen LogP contribution in [0.15, 0.2) is 9.32 Å². The molecule has 0 aliphatic rings. The quantitative estimate of drug-likeness (QED) is 0.718. The van der Waals surface area contributed by atoms with Gasteiger partial charge in [-0.2, -0.15) is 0 Å². The Labute approximate surface area is 74.7 Å². The molecule has 0 amide bonds. The zero-order valence-electron chi connectivity index (χ0n) is 4.52. The van der Waals surface area contributed by atoms with E-state index in [-0.39, 0.29) is 0 Å². The number of hydrogen-bond acceptors (Lipinski definition) is 3. The maximum atomic E-state index is 10.0. The van der Waals surface area contributed by atoms with Crippen molar-refractivity contribution in [3.05, 3.63) is 16.4 Å². The van der Waals surface area contributed by atoms with Crippen LogP contribution in [0.4, 0.5) is 0 Å². The summed E-state index contributed by atoms with van der Waals surface area (Å²) in [5.41, 5.74) is 0. The molecule has 0 atom stereocenters. The predicted molar refractivity (Wildman–Crippen MR) is 49.9 cm³/mol. The van der Waals surface area contributed by atoms with Gasteiger partial charge in [-0.05, 0) is 6.92 Å². The van der Waals surface area contributed by atoms with Gasteiger partial charge < -0.3 is 0 Å². The van der Waals surface area contributed by atoms with E-state index in [4.69, 9.17) is 0 Å². The average molecular weight is 354 g/mol. The third-order valence-corrected chi connectivity index (χ3v) is 0.548. The van der Waals surface area contributed by atoms with Crippen LogP contribution in [0.25, 0.3) is 0 Å². The van der Waals surface area contributed by atoms with Gasteiger partial charge in [0.15, 0.2) is 0 Å². The van der Waals surface area contributed by atoms with Crippen molar-refractivity contribution >= 4 is 37.2 Å². The molecule has 9 heavy (non-hydrogen) atoms. The summed E-state index contributed by atoms with van der Waals surface area (Å²) < 4.78 is 4.10. The fourth-order valence-electron chi connectivity index (χ4n) is 0.303. The van der Waals surface area contributed by atoms with Gasteiger partial charge >= 0.3 is 5.76 Å². The number of aryl methyl sites for hydroxylation is 1. The lowest BCUT2D eigenvalue weighted by atomic mass is 10.8. The van der Waals surface area contributed by atoms with Crippen LogP contribution in [0, 0.1) is 6.92 Å². The molecular formula is C3H4I2N2O2. The van der Waals surface area contributed by atoms with E-state index in [2.05, 4.69) is 51.9 Å². The van der Waals surface area contributed by atoms with Gasteiger partial charge in [-0.25, -0.2) is 4.79 Å². The molecule has 1 N–H and O–H groups in total. The van der Waals surface area contributed by atoms with Crippen LogP contribution in [0.3, 0.4) is 0 Å². The standard InChI is InChI=1S/C3H4N2O2.I2/c1-2-4-3(6)7-5-2;1-2/h1H3,(H,4,5,6);. The Balaban J connectivity index is 0.000000291. The molecule has 0 fully saturated rings. The van der Waals surface area contributed by atoms with E-state index in [0.29, 0.717) is 5.82 Å². The van der Waals surface area contributed by atoms with Crippen molar-refractivity contribution in [3.63, 3.8) is 0 Å². The van der Waals surface area contributed by atoms with E-state index < -0.39 is 5.76 Å². The number of aromatic nitrogens is 2. The Morgan fingerprint density at radius 1 is 1.67 bits per heavy atom. The largest absolute Gasteiger partial charge is 0.438 e. The van der Waals surface area contributed by atoms with Crippen molar-refractivity contribution in [2.45, 2.75) is 6.92 Å². The molecule has 0 aromatic carbocycles. The molecular weight excluding hydrogens is 350 g/mol. The first-order valence-electron chi connectivity index (χ1n) is 1.96. The second kappa shape index (κ2) is 5.21. The van der Waals surface area contributed by atoms with E-state index in [1.165, 1.54) is 0 Å². The maximum absolute atomic E-state index is 10.0. The molecule has 1 aromatic rings. The lowest BCUT2D eigenvalue weighted by Crippen LogP contribution is -1.93. The smallest absolute Gasteiger partial charge is 0.296 e. The highest BCUT2D eigenvalue weighted by atomic mass is 128. The Morgan fingerprint density at radius 2 is 2.22 bits per heavy atom. The van der Waals surface area contributed by atoms with Crippen LogP contribution in [-0.4, -0.2) is 10.1 Å². The fraction of sp³-hybridized carbons (Fsp3) is 0.333. The number of aromatic amines is 1. The molecule has 0 saturated heterocycles. The zero-order valence-corrected chi connectivity index (χ0v) is 8.83. The number of halogens is 2. The summed E-state index contributed by atoms with van der Waals surface area (Å²) in [5, 5.41) is 3.27. The molecule has 0 spiro atoms. The second-order valence-electron chi connectivity index (χ2n) is 1.18. The highest BCUT2D eigenvalue weighted by Gasteiger charge is 1.86. The van der Waals surface area contributed by atoms with Crippen LogP contribution < -0.4 is 5.76 Å². The summed E-state index contributed by atoms with van der Waals surface area (Å²) in [4.78, 5) is 12.3. The first-order valence-corrected chi connectivity index (χ1v) is 8.24. The van der Waals surface area contributed by atoms with Gasteiger partial charge in [0.25, 0.3) is 0 Å². The van der Waals surface area contributed by atoms with Crippen molar-refractivity contribution in [2.75, 3.05) is 0 Å². The Kier molecular flexibility index (Phi) is 5.44. The maximum Gasteiger partial charge on any atom is 0.438 e. The van der Waals surface area contributed by atoms with Crippen molar-refractivity contribution < 1.29 is 4.52 Å². The Morgan fingerprint density at radius 3 is 2.33 bits per heavy atom. The zero-order chi connectivity index (χ0) is 7.28. The molecule has 0 saturated carbocycles. The van der Waals surface area contributed by atoms with Crippen LogP contribution >= 0.6 is 37.2 Å². The molecule has 0 aliphatic carbocycles. The molecule has 1 rings (SSSR count). The summed E-state index contributed by atoms with van der Waals surface area (Å²) in [7, 11) is 0. The minimum Gasteiger partial charge on any atom is -0.296 e. The number of rotatable bonds is 0. The number of H-pyrrole nitrogens is 1. The summed E-state index contributed by atoms with van der Waals surface area (Å²) in [6.07, 6.45) is 0. The van der Waals surface area contributed by atoms with E-state index in [1.807, 2.05) is 0 Å². The molecule has 0 aliphatic heterocycles. The van der Waals surface area contributed by atoms with Gasteiger partial charge in [0.05, 0.1) is 0 Å². The fourth-order valence-corrected chi connectivity index (χ4v) is 0.303. The van der Waals surface area contributed by atoms with Crippen LogP contribution in [0.1, 0.15) is 5.82 Å². The van der Waals surface area contributed by atoms with Crippen molar-refractivity contribution in [1.29, 1.82) is 0 Å². The van der Waals surface area contributed by atoms with Gasteiger partial charge in [-0.3, -0.25) is 9.51 Å². The first-order chi connectivity index (χ1) is 4.29. The molecule has 52 valence electrons. The number of hydrogen-bond donors (Lipinski definition) is 1. The summed E-state index contributed by atoms with van der Waals surface area (Å²) >= 11 is 4.24. The summed E-state index contributed by atoms with van der Waals surface area (Å²) in [5.74, 6) is 0.00231. The van der Waals surface area contributed by atoms with E-state index in [9.17, 15) is 4.79 Å². The highest BCUT2D eigenvalue weighted by Crippen LogP contribution is 1.89. The van der Waals surface area contributed by atoms with Crippen LogP contribution in [0.5, 0.6) is 0 Å². The minimum atomic E-state index is -0.502. The molecule has 0 unspecified atom stereocenters. The molecule has 0 bridgehead atoms. The molecule has 4 nitrogen and oxygen atoms in total. The van der Waals surface area contributed by atoms with E-state index in [0.717, 1.165) is 0 Å². The number of nitrogens with zero attached hydrogens (tertiary/aromatic N) is 1. The summed E-state index contributed by atoms with van der Waals surface area (Å²) in [6, 6.07) is 0. The highest BCUT2D eigenvalue weighted by molar-refractivity contribution is 15.0. The second-order valence-corrected chi connectivity index (χ2v) is 1.18. The van der Waals surface area contributed by atoms with Gasteiger partial charge in [-0.1, -0.05) is 5.16 Å². The van der Waals surface area contributed by atoms with Crippen LogP contribution in [0.2, 0.25) is 0 Å². The first kappa shape index (κ1) is 9.40. The predicted octanol–water partition coefficient (Wildman–Crippen LogP) is 1.44. The molecule has 0 radical (unpaired) electrons. The van der Waals surface area contributed by atoms with E-state index in [1.54, 1.807) is 6.92 Å². The minimum absolute atomic E-state index is 0.502. The van der Waals surface area contributed by atoms with Gasteiger partial charge in [-0.15, -0.1) is 0 Å². The van der Waals surface area contributed by atoms with Gasteiger partial charge in [0, 0.05) is 37.2 Å². The van der Waals surface area contributed by atoms with Gasteiger partial charge in [0.2, 0.25) is 0 Å². The summed E-state index contributed by atoms with van der Waals surface area (Å²) in [6.45, 7) is 1.64. The number of nitrogens with one attached hydrogen (secondary N) is 1. The lowest BCUT2D eigenvalue weighted by Gasteiger charge is -1.62. The molecule has 1 aromatic heterocycles. The normalized spacial score (nSPS) is 7.89. The average Bonchev–Trinajstić information content (AvgIpc) is 2.20. The molecule has 6 heteroatoms.